The predicted molar refractivity (Wildman–Crippen MR) is 86.0 cm³/mol. The molecule has 7 nitrogen and oxygen atoms in total. The Morgan fingerprint density at radius 1 is 1.48 bits per heavy atom. The Bertz CT molecular complexity index is 677. The van der Waals surface area contributed by atoms with Crippen LogP contribution in [0.5, 0.6) is 0 Å². The first-order valence-electron chi connectivity index (χ1n) is 7.23. The average molecular weight is 337 g/mol. The molecule has 2 heterocycles. The zero-order chi connectivity index (χ0) is 16.2. The molecule has 8 heteroatoms. The highest BCUT2D eigenvalue weighted by Gasteiger charge is 2.21. The van der Waals surface area contributed by atoms with Crippen molar-refractivity contribution in [2.75, 3.05) is 31.6 Å². The summed E-state index contributed by atoms with van der Waals surface area (Å²) in [5.41, 5.74) is 1.37. The van der Waals surface area contributed by atoms with Crippen molar-refractivity contribution < 1.29 is 14.6 Å². The Labute approximate surface area is 138 Å². The molecule has 0 radical (unpaired) electrons. The van der Waals surface area contributed by atoms with E-state index in [0.717, 1.165) is 5.69 Å². The van der Waals surface area contributed by atoms with E-state index in [1.807, 2.05) is 0 Å². The molecule has 3 rings (SSSR count). The molecule has 0 spiro atoms. The number of ether oxygens (including phenoxy) is 1. The van der Waals surface area contributed by atoms with Gasteiger partial charge in [0, 0.05) is 24.6 Å². The molecule has 0 saturated carbocycles. The Morgan fingerprint density at radius 2 is 2.35 bits per heavy atom. The van der Waals surface area contributed by atoms with E-state index in [9.17, 15) is 9.90 Å². The Morgan fingerprint density at radius 3 is 3.09 bits per heavy atom. The van der Waals surface area contributed by atoms with Crippen LogP contribution < -0.4 is 5.32 Å². The number of imidazole rings is 1. The molecule has 122 valence electrons. The molecule has 1 aliphatic rings. The number of aliphatic hydroxyl groups excluding tert-OH is 1. The van der Waals surface area contributed by atoms with Crippen LogP contribution >= 0.6 is 11.6 Å². The summed E-state index contributed by atoms with van der Waals surface area (Å²) < 4.78 is 7.00. The van der Waals surface area contributed by atoms with Crippen molar-refractivity contribution >= 4 is 23.3 Å². The van der Waals surface area contributed by atoms with E-state index in [0.29, 0.717) is 23.9 Å². The van der Waals surface area contributed by atoms with Crippen LogP contribution in [0.2, 0.25) is 5.02 Å². The maximum atomic E-state index is 12.3. The fourth-order valence-electron chi connectivity index (χ4n) is 2.38. The number of anilines is 1. The number of nitrogens with one attached hydrogen (secondary N) is 1. The van der Waals surface area contributed by atoms with Crippen LogP contribution in [0.4, 0.5) is 10.5 Å². The quantitative estimate of drug-likeness (QED) is 0.875. The van der Waals surface area contributed by atoms with Gasteiger partial charge in [0.15, 0.2) is 0 Å². The van der Waals surface area contributed by atoms with Gasteiger partial charge in [0.1, 0.15) is 0 Å². The molecule has 2 N–H and O–H groups in total. The van der Waals surface area contributed by atoms with Crippen molar-refractivity contribution in [3.8, 4) is 5.69 Å². The molecule has 1 fully saturated rings. The summed E-state index contributed by atoms with van der Waals surface area (Å²) in [6.07, 6.45) is 4.44. The van der Waals surface area contributed by atoms with Gasteiger partial charge in [-0.2, -0.15) is 0 Å². The average Bonchev–Trinajstić information content (AvgIpc) is 2.95. The highest BCUT2D eigenvalue weighted by Crippen LogP contribution is 2.24. The Balaban J connectivity index is 1.70. The smallest absolute Gasteiger partial charge is 0.322 e. The minimum absolute atomic E-state index is 0.243. The van der Waals surface area contributed by atoms with E-state index in [2.05, 4.69) is 10.3 Å². The zero-order valence-electron chi connectivity index (χ0n) is 12.4. The third kappa shape index (κ3) is 3.82. The molecule has 0 bridgehead atoms. The molecule has 1 aromatic heterocycles. The monoisotopic (exact) mass is 336 g/mol. The van der Waals surface area contributed by atoms with E-state index in [-0.39, 0.29) is 19.2 Å². The second kappa shape index (κ2) is 6.99. The third-order valence-corrected chi connectivity index (χ3v) is 3.82. The minimum Gasteiger partial charge on any atom is -0.389 e. The summed E-state index contributed by atoms with van der Waals surface area (Å²) in [6, 6.07) is 4.96. The molecule has 2 amide bonds. The van der Waals surface area contributed by atoms with Crippen LogP contribution in [-0.4, -0.2) is 58.0 Å². The van der Waals surface area contributed by atoms with Crippen molar-refractivity contribution in [3.05, 3.63) is 41.9 Å². The number of nitrogens with zero attached hydrogens (tertiary/aromatic N) is 3. The van der Waals surface area contributed by atoms with Gasteiger partial charge in [0.2, 0.25) is 0 Å². The van der Waals surface area contributed by atoms with Gasteiger partial charge >= 0.3 is 6.03 Å². The Hall–Kier alpha value is -2.09. The van der Waals surface area contributed by atoms with Crippen molar-refractivity contribution in [3.63, 3.8) is 0 Å². The fourth-order valence-corrected chi connectivity index (χ4v) is 2.65. The number of hydrogen-bond acceptors (Lipinski definition) is 4. The first-order chi connectivity index (χ1) is 11.1. The lowest BCUT2D eigenvalue weighted by molar-refractivity contribution is 0.0575. The van der Waals surface area contributed by atoms with Crippen molar-refractivity contribution in [2.45, 2.75) is 6.10 Å². The summed E-state index contributed by atoms with van der Waals surface area (Å²) in [6.45, 7) is 1.33. The van der Waals surface area contributed by atoms with Gasteiger partial charge in [0.25, 0.3) is 0 Å². The van der Waals surface area contributed by atoms with Crippen LogP contribution in [-0.2, 0) is 4.74 Å². The lowest BCUT2D eigenvalue weighted by Gasteiger charge is -2.22. The van der Waals surface area contributed by atoms with Crippen LogP contribution in [0.25, 0.3) is 5.69 Å². The summed E-state index contributed by atoms with van der Waals surface area (Å²) in [7, 11) is 0. The molecule has 23 heavy (non-hydrogen) atoms. The minimum atomic E-state index is -0.671. The molecule has 0 unspecified atom stereocenters. The van der Waals surface area contributed by atoms with Crippen molar-refractivity contribution in [2.24, 2.45) is 0 Å². The lowest BCUT2D eigenvalue weighted by Crippen LogP contribution is -2.40. The Kier molecular flexibility index (Phi) is 4.80. The fraction of sp³-hybridized carbons (Fsp3) is 0.333. The number of β-amino-alcohol motifs (C(OH)–C–C–N with tert-alkyl or cyclic N) is 1. The normalized spacial score (nSPS) is 18.5. The lowest BCUT2D eigenvalue weighted by atomic mass is 10.2. The SMILES string of the molecule is O=C(Nc1ccc(-n2ccnc2)c(Cl)c1)N1CCOC[C@@H](O)C1. The number of amides is 2. The molecular formula is C15H17ClN4O3. The van der Waals surface area contributed by atoms with Crippen molar-refractivity contribution in [1.29, 1.82) is 0 Å². The number of aromatic nitrogens is 2. The van der Waals surface area contributed by atoms with E-state index >= 15 is 0 Å². The number of halogens is 1. The van der Waals surface area contributed by atoms with Gasteiger partial charge in [-0.25, -0.2) is 9.78 Å². The topological polar surface area (TPSA) is 79.6 Å². The molecule has 2 aromatic rings. The van der Waals surface area contributed by atoms with E-state index < -0.39 is 6.10 Å². The van der Waals surface area contributed by atoms with Gasteiger partial charge < -0.3 is 24.6 Å². The molecule has 0 aliphatic carbocycles. The maximum absolute atomic E-state index is 12.3. The standard InChI is InChI=1S/C15H17ClN4O3/c16-13-7-11(1-2-14(13)20-4-3-17-10-20)18-15(22)19-5-6-23-9-12(21)8-19/h1-4,7,10,12,21H,5-6,8-9H2,(H,18,22)/t12-/m0/s1. The van der Waals surface area contributed by atoms with Gasteiger partial charge in [-0.3, -0.25) is 0 Å². The van der Waals surface area contributed by atoms with Gasteiger partial charge in [-0.15, -0.1) is 0 Å². The number of urea groups is 1. The summed E-state index contributed by atoms with van der Waals surface area (Å²) in [4.78, 5) is 17.8. The molecule has 1 saturated heterocycles. The van der Waals surface area contributed by atoms with Crippen LogP contribution in [0.1, 0.15) is 0 Å². The molecule has 1 aromatic carbocycles. The van der Waals surface area contributed by atoms with E-state index in [1.165, 1.54) is 4.90 Å². The maximum Gasteiger partial charge on any atom is 0.322 e. The summed E-state index contributed by atoms with van der Waals surface area (Å²) in [5, 5.41) is 13.0. The number of aliphatic hydroxyl groups is 1. The van der Waals surface area contributed by atoms with Gasteiger partial charge in [0.05, 0.1) is 42.9 Å². The number of benzene rings is 1. The van der Waals surface area contributed by atoms with Crippen LogP contribution in [0.3, 0.4) is 0 Å². The first-order valence-corrected chi connectivity index (χ1v) is 7.61. The van der Waals surface area contributed by atoms with Crippen LogP contribution in [0.15, 0.2) is 36.9 Å². The molecular weight excluding hydrogens is 320 g/mol. The van der Waals surface area contributed by atoms with E-state index in [1.54, 1.807) is 41.5 Å². The predicted octanol–water partition coefficient (Wildman–Crippen LogP) is 1.75. The second-order valence-electron chi connectivity index (χ2n) is 5.24. The zero-order valence-corrected chi connectivity index (χ0v) is 13.1. The highest BCUT2D eigenvalue weighted by molar-refractivity contribution is 6.32. The van der Waals surface area contributed by atoms with Crippen molar-refractivity contribution in [1.82, 2.24) is 14.5 Å². The molecule has 1 atom stereocenters. The van der Waals surface area contributed by atoms with Gasteiger partial charge in [-0.05, 0) is 18.2 Å². The number of carbonyl (C=O) groups excluding carboxylic acids is 1. The van der Waals surface area contributed by atoms with E-state index in [4.69, 9.17) is 16.3 Å². The third-order valence-electron chi connectivity index (χ3n) is 3.52. The number of hydrogen-bond donors (Lipinski definition) is 2. The number of rotatable bonds is 2. The first kappa shape index (κ1) is 15.8. The summed E-state index contributed by atoms with van der Waals surface area (Å²) in [5.74, 6) is 0. The van der Waals surface area contributed by atoms with Gasteiger partial charge in [-0.1, -0.05) is 11.6 Å². The second-order valence-corrected chi connectivity index (χ2v) is 5.65. The number of carbonyl (C=O) groups is 1. The molecule has 1 aliphatic heterocycles. The highest BCUT2D eigenvalue weighted by atomic mass is 35.5. The largest absolute Gasteiger partial charge is 0.389 e. The summed E-state index contributed by atoms with van der Waals surface area (Å²) >= 11 is 6.27. The van der Waals surface area contributed by atoms with Crippen LogP contribution in [0, 0.1) is 0 Å².